The molecule has 2 nitrogen and oxygen atoms in total. The Kier molecular flexibility index (Phi) is 3.82. The minimum Gasteiger partial charge on any atom is -0.497 e. The van der Waals surface area contributed by atoms with E-state index in [9.17, 15) is 4.39 Å². The number of rotatable bonds is 2. The van der Waals surface area contributed by atoms with E-state index < -0.39 is 0 Å². The molecule has 1 heterocycles. The fraction of sp³-hybridized carbons (Fsp3) is 0.500. The van der Waals surface area contributed by atoms with Crippen molar-refractivity contribution in [3.63, 3.8) is 0 Å². The summed E-state index contributed by atoms with van der Waals surface area (Å²) >= 11 is 3.23. The first-order chi connectivity index (χ1) is 7.72. The van der Waals surface area contributed by atoms with Gasteiger partial charge in [-0.15, -0.1) is 0 Å². The molecule has 1 aromatic rings. The van der Waals surface area contributed by atoms with Crippen LogP contribution in [0.5, 0.6) is 5.75 Å². The summed E-state index contributed by atoms with van der Waals surface area (Å²) in [7, 11) is 1.60. The van der Waals surface area contributed by atoms with Gasteiger partial charge in [0.05, 0.1) is 11.6 Å². The monoisotopic (exact) mass is 287 g/mol. The molecule has 0 radical (unpaired) electrons. The lowest BCUT2D eigenvalue weighted by molar-refractivity contribution is 0.406. The normalized spacial score (nSPS) is 20.8. The lowest BCUT2D eigenvalue weighted by atomic mass is 9.91. The molecule has 4 heteroatoms. The van der Waals surface area contributed by atoms with E-state index in [0.29, 0.717) is 10.2 Å². The highest BCUT2D eigenvalue weighted by molar-refractivity contribution is 9.10. The van der Waals surface area contributed by atoms with Gasteiger partial charge in [-0.25, -0.2) is 4.39 Å². The first-order valence-electron chi connectivity index (χ1n) is 5.46. The second-order valence-electron chi connectivity index (χ2n) is 4.06. The van der Waals surface area contributed by atoms with Crippen LogP contribution in [0.4, 0.5) is 4.39 Å². The maximum Gasteiger partial charge on any atom is 0.141 e. The Morgan fingerprint density at radius 3 is 2.94 bits per heavy atom. The summed E-state index contributed by atoms with van der Waals surface area (Å²) in [5, 5.41) is 3.29. The SMILES string of the molecule is COc1cc(Br)c(F)c(C2CCCNC2)c1. The molecule has 0 amide bonds. The summed E-state index contributed by atoms with van der Waals surface area (Å²) in [6.07, 6.45) is 2.13. The predicted molar refractivity (Wildman–Crippen MR) is 65.5 cm³/mol. The van der Waals surface area contributed by atoms with Crippen molar-refractivity contribution in [2.75, 3.05) is 20.2 Å². The maximum absolute atomic E-state index is 14.0. The van der Waals surface area contributed by atoms with Crippen molar-refractivity contribution in [1.82, 2.24) is 5.32 Å². The van der Waals surface area contributed by atoms with E-state index in [4.69, 9.17) is 4.74 Å². The topological polar surface area (TPSA) is 21.3 Å². The molecule has 1 aliphatic rings. The Balaban J connectivity index is 2.33. The number of hydrogen-bond donors (Lipinski definition) is 1. The van der Waals surface area contributed by atoms with Gasteiger partial charge in [-0.1, -0.05) is 0 Å². The molecule has 0 aliphatic carbocycles. The van der Waals surface area contributed by atoms with Crippen LogP contribution in [0.25, 0.3) is 0 Å². The van der Waals surface area contributed by atoms with Crippen LogP contribution in [0.3, 0.4) is 0 Å². The molecule has 1 atom stereocenters. The van der Waals surface area contributed by atoms with Crippen LogP contribution in [0.15, 0.2) is 16.6 Å². The largest absolute Gasteiger partial charge is 0.497 e. The number of benzene rings is 1. The standard InChI is InChI=1S/C12H15BrFNO/c1-16-9-5-10(12(14)11(13)6-9)8-3-2-4-15-7-8/h5-6,8,15H,2-4,7H2,1H3. The van der Waals surface area contributed by atoms with E-state index in [-0.39, 0.29) is 11.7 Å². The van der Waals surface area contributed by atoms with Crippen LogP contribution in [0, 0.1) is 5.82 Å². The molecule has 88 valence electrons. The third kappa shape index (κ3) is 2.38. The Morgan fingerprint density at radius 1 is 1.50 bits per heavy atom. The molecule has 0 aromatic heterocycles. The van der Waals surface area contributed by atoms with Crippen LogP contribution in [-0.2, 0) is 0 Å². The van der Waals surface area contributed by atoms with E-state index in [0.717, 1.165) is 31.5 Å². The molecule has 1 saturated heterocycles. The Morgan fingerprint density at radius 2 is 2.31 bits per heavy atom. The van der Waals surface area contributed by atoms with Crippen molar-refractivity contribution in [3.05, 3.63) is 28.0 Å². The van der Waals surface area contributed by atoms with Gasteiger partial charge in [-0.2, -0.15) is 0 Å². The van der Waals surface area contributed by atoms with Crippen LogP contribution >= 0.6 is 15.9 Å². The maximum atomic E-state index is 14.0. The zero-order valence-corrected chi connectivity index (χ0v) is 10.8. The summed E-state index contributed by atoms with van der Waals surface area (Å²) in [4.78, 5) is 0. The lowest BCUT2D eigenvalue weighted by Gasteiger charge is -2.24. The van der Waals surface area contributed by atoms with E-state index in [2.05, 4.69) is 21.2 Å². The van der Waals surface area contributed by atoms with Gasteiger partial charge >= 0.3 is 0 Å². The minimum atomic E-state index is -0.158. The van der Waals surface area contributed by atoms with E-state index in [1.165, 1.54) is 0 Å². The van der Waals surface area contributed by atoms with Gasteiger partial charge in [0.2, 0.25) is 0 Å². The fourth-order valence-electron chi connectivity index (χ4n) is 2.12. The molecule has 0 saturated carbocycles. The zero-order valence-electron chi connectivity index (χ0n) is 9.22. The predicted octanol–water partition coefficient (Wildman–Crippen LogP) is 3.06. The number of halogens is 2. The van der Waals surface area contributed by atoms with Crippen molar-refractivity contribution in [3.8, 4) is 5.75 Å². The molecule has 1 unspecified atom stereocenters. The summed E-state index contributed by atoms with van der Waals surface area (Å²) < 4.78 is 19.6. The summed E-state index contributed by atoms with van der Waals surface area (Å²) in [5.74, 6) is 0.795. The number of piperidine rings is 1. The molecule has 16 heavy (non-hydrogen) atoms. The van der Waals surface area contributed by atoms with Gasteiger partial charge in [0, 0.05) is 6.54 Å². The number of ether oxygens (including phenoxy) is 1. The lowest BCUT2D eigenvalue weighted by Crippen LogP contribution is -2.28. The van der Waals surface area contributed by atoms with Gasteiger partial charge in [0.15, 0.2) is 0 Å². The number of hydrogen-bond acceptors (Lipinski definition) is 2. The highest BCUT2D eigenvalue weighted by atomic mass is 79.9. The van der Waals surface area contributed by atoms with Crippen molar-refractivity contribution in [2.45, 2.75) is 18.8 Å². The average Bonchev–Trinajstić information content (AvgIpc) is 2.33. The Bertz CT molecular complexity index is 378. The van der Waals surface area contributed by atoms with E-state index in [1.54, 1.807) is 19.2 Å². The molecule has 1 aliphatic heterocycles. The first-order valence-corrected chi connectivity index (χ1v) is 6.25. The van der Waals surface area contributed by atoms with Gasteiger partial charge in [-0.3, -0.25) is 0 Å². The Hall–Kier alpha value is -0.610. The highest BCUT2D eigenvalue weighted by Gasteiger charge is 2.21. The van der Waals surface area contributed by atoms with E-state index >= 15 is 0 Å². The van der Waals surface area contributed by atoms with Crippen molar-refractivity contribution in [2.24, 2.45) is 0 Å². The fourth-order valence-corrected chi connectivity index (χ4v) is 2.57. The van der Waals surface area contributed by atoms with Crippen LogP contribution in [0.1, 0.15) is 24.3 Å². The molecular formula is C12H15BrFNO. The van der Waals surface area contributed by atoms with Crippen LogP contribution in [0.2, 0.25) is 0 Å². The summed E-state index contributed by atoms with van der Waals surface area (Å²) in [6, 6.07) is 3.47. The van der Waals surface area contributed by atoms with Crippen molar-refractivity contribution in [1.29, 1.82) is 0 Å². The summed E-state index contributed by atoms with van der Waals surface area (Å²) in [5.41, 5.74) is 0.749. The van der Waals surface area contributed by atoms with Gasteiger partial charge in [0.25, 0.3) is 0 Å². The van der Waals surface area contributed by atoms with Crippen LogP contribution in [-0.4, -0.2) is 20.2 Å². The molecule has 2 rings (SSSR count). The van der Waals surface area contributed by atoms with Crippen molar-refractivity contribution >= 4 is 15.9 Å². The number of nitrogens with one attached hydrogen (secondary N) is 1. The smallest absolute Gasteiger partial charge is 0.141 e. The average molecular weight is 288 g/mol. The summed E-state index contributed by atoms with van der Waals surface area (Å²) in [6.45, 7) is 1.87. The van der Waals surface area contributed by atoms with Crippen molar-refractivity contribution < 1.29 is 9.13 Å². The highest BCUT2D eigenvalue weighted by Crippen LogP contribution is 2.33. The van der Waals surface area contributed by atoms with Gasteiger partial charge in [0.1, 0.15) is 11.6 Å². The quantitative estimate of drug-likeness (QED) is 0.903. The molecule has 1 fully saturated rings. The Labute approximate surface area is 103 Å². The third-order valence-electron chi connectivity index (χ3n) is 3.00. The van der Waals surface area contributed by atoms with Gasteiger partial charge < -0.3 is 10.1 Å². The molecule has 1 N–H and O–H groups in total. The molecule has 0 bridgehead atoms. The number of methoxy groups -OCH3 is 1. The third-order valence-corrected chi connectivity index (χ3v) is 3.58. The molecule has 1 aromatic carbocycles. The van der Waals surface area contributed by atoms with E-state index in [1.807, 2.05) is 0 Å². The second kappa shape index (κ2) is 5.15. The van der Waals surface area contributed by atoms with Crippen LogP contribution < -0.4 is 10.1 Å². The molecular weight excluding hydrogens is 273 g/mol. The molecule has 0 spiro atoms. The first kappa shape index (κ1) is 11.9. The van der Waals surface area contributed by atoms with Gasteiger partial charge in [-0.05, 0) is 58.9 Å². The minimum absolute atomic E-state index is 0.158. The zero-order chi connectivity index (χ0) is 11.5. The second-order valence-corrected chi connectivity index (χ2v) is 4.91.